The molecule has 1 amide bonds. The molecule has 0 aliphatic carbocycles. The van der Waals surface area contributed by atoms with Crippen LogP contribution in [-0.2, 0) is 4.79 Å². The molecule has 0 spiro atoms. The molecule has 2 atom stereocenters. The maximum absolute atomic E-state index is 12.1. The van der Waals surface area contributed by atoms with Crippen LogP contribution in [0, 0.1) is 5.92 Å². The summed E-state index contributed by atoms with van der Waals surface area (Å²) in [6.07, 6.45) is 0.989. The highest BCUT2D eigenvalue weighted by Crippen LogP contribution is 2.19. The fourth-order valence-corrected chi connectivity index (χ4v) is 2.18. The Labute approximate surface area is 86.9 Å². The monoisotopic (exact) mass is 198 g/mol. The quantitative estimate of drug-likeness (QED) is 0.740. The summed E-state index contributed by atoms with van der Waals surface area (Å²) in [5.41, 5.74) is 0. The molecule has 1 aliphatic heterocycles. The van der Waals surface area contributed by atoms with Crippen molar-refractivity contribution in [3.05, 3.63) is 0 Å². The van der Waals surface area contributed by atoms with Gasteiger partial charge in [0, 0.05) is 18.6 Å². The van der Waals surface area contributed by atoms with Gasteiger partial charge in [-0.2, -0.15) is 0 Å². The highest BCUT2D eigenvalue weighted by atomic mass is 16.2. The molecule has 1 rings (SSSR count). The highest BCUT2D eigenvalue weighted by molar-refractivity contribution is 5.80. The number of hydrogen-bond donors (Lipinski definition) is 1. The lowest BCUT2D eigenvalue weighted by molar-refractivity contribution is -0.137. The molecule has 1 aliphatic rings. The molecule has 0 saturated carbocycles. The van der Waals surface area contributed by atoms with E-state index in [0.29, 0.717) is 18.0 Å². The zero-order valence-corrected chi connectivity index (χ0v) is 9.71. The largest absolute Gasteiger partial charge is 0.340 e. The lowest BCUT2D eigenvalue weighted by Crippen LogP contribution is -2.43. The molecule has 1 N–H and O–H groups in total. The summed E-state index contributed by atoms with van der Waals surface area (Å²) in [5, 5.41) is 3.32. The minimum atomic E-state index is 0.192. The van der Waals surface area contributed by atoms with Gasteiger partial charge in [-0.25, -0.2) is 0 Å². The van der Waals surface area contributed by atoms with Gasteiger partial charge in [0.05, 0.1) is 5.92 Å². The van der Waals surface area contributed by atoms with Crippen LogP contribution < -0.4 is 5.32 Å². The molecular weight excluding hydrogens is 176 g/mol. The molecule has 2 unspecified atom stereocenters. The van der Waals surface area contributed by atoms with E-state index in [0.717, 1.165) is 19.5 Å². The number of nitrogens with one attached hydrogen (secondary N) is 1. The maximum Gasteiger partial charge on any atom is 0.227 e. The van der Waals surface area contributed by atoms with Gasteiger partial charge in [0.15, 0.2) is 0 Å². The number of rotatable bonds is 3. The Morgan fingerprint density at radius 2 is 2.21 bits per heavy atom. The van der Waals surface area contributed by atoms with Crippen LogP contribution in [0.2, 0.25) is 0 Å². The van der Waals surface area contributed by atoms with Crippen molar-refractivity contribution in [3.63, 3.8) is 0 Å². The average Bonchev–Trinajstić information content (AvgIpc) is 2.51. The van der Waals surface area contributed by atoms with E-state index in [1.807, 2.05) is 11.8 Å². The molecule has 0 aromatic carbocycles. The van der Waals surface area contributed by atoms with Crippen LogP contribution >= 0.6 is 0 Å². The van der Waals surface area contributed by atoms with E-state index in [1.54, 1.807) is 0 Å². The second kappa shape index (κ2) is 4.78. The SMILES string of the molecule is CCN(C(=O)C1CCNC1C)C(C)C. The summed E-state index contributed by atoms with van der Waals surface area (Å²) in [4.78, 5) is 14.1. The van der Waals surface area contributed by atoms with Gasteiger partial charge < -0.3 is 10.2 Å². The number of carbonyl (C=O) groups is 1. The minimum absolute atomic E-state index is 0.192. The van der Waals surface area contributed by atoms with Crippen LogP contribution in [0.15, 0.2) is 0 Å². The van der Waals surface area contributed by atoms with Gasteiger partial charge in [0.2, 0.25) is 5.91 Å². The van der Waals surface area contributed by atoms with Crippen molar-refractivity contribution in [2.75, 3.05) is 13.1 Å². The maximum atomic E-state index is 12.1. The van der Waals surface area contributed by atoms with Gasteiger partial charge >= 0.3 is 0 Å². The van der Waals surface area contributed by atoms with E-state index in [9.17, 15) is 4.79 Å². The van der Waals surface area contributed by atoms with Crippen molar-refractivity contribution in [2.24, 2.45) is 5.92 Å². The first-order chi connectivity index (χ1) is 6.57. The molecule has 0 radical (unpaired) electrons. The molecule has 1 saturated heterocycles. The zero-order chi connectivity index (χ0) is 10.7. The van der Waals surface area contributed by atoms with E-state index >= 15 is 0 Å². The molecule has 82 valence electrons. The second-order valence-electron chi connectivity index (χ2n) is 4.36. The lowest BCUT2D eigenvalue weighted by atomic mass is 10.00. The van der Waals surface area contributed by atoms with Gasteiger partial charge in [-0.1, -0.05) is 0 Å². The van der Waals surface area contributed by atoms with Crippen molar-refractivity contribution in [1.29, 1.82) is 0 Å². The average molecular weight is 198 g/mol. The summed E-state index contributed by atoms with van der Waals surface area (Å²) in [5.74, 6) is 0.511. The standard InChI is InChI=1S/C11H22N2O/c1-5-13(8(2)3)11(14)10-6-7-12-9(10)4/h8-10,12H,5-7H2,1-4H3. The van der Waals surface area contributed by atoms with Crippen molar-refractivity contribution in [1.82, 2.24) is 10.2 Å². The number of carbonyl (C=O) groups excluding carboxylic acids is 1. The molecule has 0 bridgehead atoms. The third kappa shape index (κ3) is 2.27. The van der Waals surface area contributed by atoms with Crippen molar-refractivity contribution < 1.29 is 4.79 Å². The molecular formula is C11H22N2O. The molecule has 3 heteroatoms. The van der Waals surface area contributed by atoms with E-state index in [2.05, 4.69) is 26.1 Å². The van der Waals surface area contributed by atoms with Gasteiger partial charge in [-0.15, -0.1) is 0 Å². The van der Waals surface area contributed by atoms with Crippen LogP contribution in [0.4, 0.5) is 0 Å². The topological polar surface area (TPSA) is 32.3 Å². The predicted molar refractivity (Wildman–Crippen MR) is 58.1 cm³/mol. The number of amides is 1. The van der Waals surface area contributed by atoms with Gasteiger partial charge in [0.25, 0.3) is 0 Å². The van der Waals surface area contributed by atoms with Crippen molar-refractivity contribution >= 4 is 5.91 Å². The van der Waals surface area contributed by atoms with E-state index in [-0.39, 0.29) is 5.92 Å². The summed E-state index contributed by atoms with van der Waals surface area (Å²) < 4.78 is 0. The van der Waals surface area contributed by atoms with Gasteiger partial charge in [0.1, 0.15) is 0 Å². The van der Waals surface area contributed by atoms with Crippen LogP contribution in [0.5, 0.6) is 0 Å². The third-order valence-electron chi connectivity index (χ3n) is 3.09. The third-order valence-corrected chi connectivity index (χ3v) is 3.09. The Hall–Kier alpha value is -0.570. The van der Waals surface area contributed by atoms with Crippen molar-refractivity contribution in [3.8, 4) is 0 Å². The first kappa shape index (κ1) is 11.5. The van der Waals surface area contributed by atoms with Crippen LogP contribution in [0.3, 0.4) is 0 Å². The van der Waals surface area contributed by atoms with E-state index < -0.39 is 0 Å². The fraction of sp³-hybridized carbons (Fsp3) is 0.909. The Bertz CT molecular complexity index is 199. The van der Waals surface area contributed by atoms with E-state index in [4.69, 9.17) is 0 Å². The number of nitrogens with zero attached hydrogens (tertiary/aromatic N) is 1. The Morgan fingerprint density at radius 3 is 2.57 bits per heavy atom. The fourth-order valence-electron chi connectivity index (χ4n) is 2.18. The molecule has 1 fully saturated rings. The van der Waals surface area contributed by atoms with E-state index in [1.165, 1.54) is 0 Å². The first-order valence-corrected chi connectivity index (χ1v) is 5.61. The molecule has 0 aromatic heterocycles. The van der Waals surface area contributed by atoms with Crippen LogP contribution in [-0.4, -0.2) is 36.0 Å². The Balaban J connectivity index is 2.62. The summed E-state index contributed by atoms with van der Waals surface area (Å²) in [6, 6.07) is 0.663. The normalized spacial score (nSPS) is 26.9. The highest BCUT2D eigenvalue weighted by Gasteiger charge is 2.32. The molecule has 1 heterocycles. The summed E-state index contributed by atoms with van der Waals surface area (Å²) in [7, 11) is 0. The Kier molecular flexibility index (Phi) is 3.93. The van der Waals surface area contributed by atoms with Gasteiger partial charge in [-0.3, -0.25) is 4.79 Å². The first-order valence-electron chi connectivity index (χ1n) is 5.61. The summed E-state index contributed by atoms with van der Waals surface area (Å²) in [6.45, 7) is 10.1. The lowest BCUT2D eigenvalue weighted by Gasteiger charge is -2.29. The predicted octanol–water partition coefficient (Wildman–Crippen LogP) is 1.24. The smallest absolute Gasteiger partial charge is 0.227 e. The van der Waals surface area contributed by atoms with Crippen LogP contribution in [0.1, 0.15) is 34.1 Å². The summed E-state index contributed by atoms with van der Waals surface area (Å²) >= 11 is 0. The zero-order valence-electron chi connectivity index (χ0n) is 9.71. The Morgan fingerprint density at radius 1 is 1.57 bits per heavy atom. The van der Waals surface area contributed by atoms with Crippen LogP contribution in [0.25, 0.3) is 0 Å². The minimum Gasteiger partial charge on any atom is -0.340 e. The molecule has 14 heavy (non-hydrogen) atoms. The molecule has 0 aromatic rings. The van der Waals surface area contributed by atoms with Gasteiger partial charge in [-0.05, 0) is 40.7 Å². The van der Waals surface area contributed by atoms with Crippen molar-refractivity contribution in [2.45, 2.75) is 46.2 Å². The molecule has 3 nitrogen and oxygen atoms in total. The number of hydrogen-bond acceptors (Lipinski definition) is 2. The second-order valence-corrected chi connectivity index (χ2v) is 4.36.